The monoisotopic (exact) mass is 633 g/mol. The van der Waals surface area contributed by atoms with Crippen LogP contribution in [0.25, 0.3) is 0 Å². The normalized spacial score (nSPS) is 32.7. The Hall–Kier alpha value is -1.77. The molecule has 0 amide bonds. The first-order valence-electron chi connectivity index (χ1n) is 19.8. The van der Waals surface area contributed by atoms with Crippen molar-refractivity contribution in [3.8, 4) is 5.75 Å². The molecule has 0 saturated heterocycles. The summed E-state index contributed by atoms with van der Waals surface area (Å²) in [6.07, 6.45) is 26.4. The molecule has 0 bridgehead atoms. The molecule has 0 spiro atoms. The molecule has 0 radical (unpaired) electrons. The summed E-state index contributed by atoms with van der Waals surface area (Å²) in [5.41, 5.74) is 3.67. The molecule has 258 valence electrons. The fourth-order valence-electron chi connectivity index (χ4n) is 11.0. The topological polar surface area (TPSA) is 35.5 Å². The second-order valence-corrected chi connectivity index (χ2v) is 17.1. The number of benzene rings is 1. The second kappa shape index (κ2) is 16.1. The summed E-state index contributed by atoms with van der Waals surface area (Å²) in [7, 11) is 0. The van der Waals surface area contributed by atoms with Crippen molar-refractivity contribution >= 4 is 6.16 Å². The highest BCUT2D eigenvalue weighted by Crippen LogP contribution is 2.67. The minimum Gasteiger partial charge on any atom is -0.430 e. The summed E-state index contributed by atoms with van der Waals surface area (Å²) < 4.78 is 11.6. The molecule has 0 aliphatic heterocycles. The van der Waals surface area contributed by atoms with Gasteiger partial charge >= 0.3 is 6.16 Å². The Bertz CT molecular complexity index is 1140. The Kier molecular flexibility index (Phi) is 12.4. The van der Waals surface area contributed by atoms with Gasteiger partial charge in [-0.1, -0.05) is 123 Å². The number of fused-ring (bicyclic) bond motifs is 5. The highest BCUT2D eigenvalue weighted by atomic mass is 16.7. The summed E-state index contributed by atoms with van der Waals surface area (Å²) in [6.45, 7) is 14.8. The van der Waals surface area contributed by atoms with Gasteiger partial charge in [0, 0.05) is 6.42 Å². The summed E-state index contributed by atoms with van der Waals surface area (Å²) in [6, 6.07) is 8.06. The molecular weight excluding hydrogens is 564 g/mol. The van der Waals surface area contributed by atoms with Gasteiger partial charge in [0.25, 0.3) is 0 Å². The van der Waals surface area contributed by atoms with E-state index in [-0.39, 0.29) is 11.5 Å². The van der Waals surface area contributed by atoms with Crippen molar-refractivity contribution in [1.29, 1.82) is 0 Å². The summed E-state index contributed by atoms with van der Waals surface area (Å²) in [4.78, 5) is 12.8. The van der Waals surface area contributed by atoms with Crippen LogP contribution >= 0.6 is 0 Å². The predicted octanol–water partition coefficient (Wildman–Crippen LogP) is 12.9. The van der Waals surface area contributed by atoms with Gasteiger partial charge < -0.3 is 9.47 Å². The number of hydrogen-bond donors (Lipinski definition) is 0. The van der Waals surface area contributed by atoms with Gasteiger partial charge in [-0.15, -0.1) is 0 Å². The molecule has 3 nitrogen and oxygen atoms in total. The first-order valence-corrected chi connectivity index (χ1v) is 19.8. The molecule has 0 heterocycles. The number of carbonyl (C=O) groups excluding carboxylic acids is 1. The van der Waals surface area contributed by atoms with Crippen molar-refractivity contribution < 1.29 is 14.3 Å². The van der Waals surface area contributed by atoms with Gasteiger partial charge in [-0.05, 0) is 122 Å². The zero-order valence-electron chi connectivity index (χ0n) is 30.6. The van der Waals surface area contributed by atoms with Gasteiger partial charge in [-0.25, -0.2) is 4.79 Å². The van der Waals surface area contributed by atoms with E-state index in [1.807, 2.05) is 12.1 Å². The third kappa shape index (κ3) is 8.26. The average Bonchev–Trinajstić information content (AvgIpc) is 3.38. The first-order chi connectivity index (χ1) is 22.1. The minimum absolute atomic E-state index is 0.0728. The number of hydrogen-bond acceptors (Lipinski definition) is 3. The molecule has 4 aliphatic carbocycles. The Labute approximate surface area is 283 Å². The van der Waals surface area contributed by atoms with Crippen molar-refractivity contribution in [3.05, 3.63) is 41.5 Å². The number of unbranched alkanes of at least 4 members (excludes halogenated alkanes) is 6. The van der Waals surface area contributed by atoms with E-state index in [1.165, 1.54) is 102 Å². The highest BCUT2D eigenvalue weighted by Gasteiger charge is 2.59. The molecule has 3 fully saturated rings. The van der Waals surface area contributed by atoms with Gasteiger partial charge in [-0.2, -0.15) is 0 Å². The maximum absolute atomic E-state index is 12.8. The van der Waals surface area contributed by atoms with Crippen LogP contribution in [0.3, 0.4) is 0 Å². The molecule has 3 heteroatoms. The van der Waals surface area contributed by atoms with E-state index >= 15 is 0 Å². The lowest BCUT2D eigenvalue weighted by atomic mass is 9.47. The van der Waals surface area contributed by atoms with Crippen molar-refractivity contribution in [2.24, 2.45) is 46.3 Å². The molecule has 3 saturated carbocycles. The lowest BCUT2D eigenvalue weighted by molar-refractivity contribution is -0.0597. The Morgan fingerprint density at radius 3 is 2.33 bits per heavy atom. The van der Waals surface area contributed by atoms with Crippen LogP contribution in [0.1, 0.15) is 163 Å². The molecular formula is C43H68O3. The van der Waals surface area contributed by atoms with Gasteiger partial charge in [0.1, 0.15) is 11.9 Å². The van der Waals surface area contributed by atoms with Gasteiger partial charge in [-0.3, -0.25) is 0 Å². The van der Waals surface area contributed by atoms with Crippen LogP contribution in [-0.2, 0) is 11.2 Å². The van der Waals surface area contributed by atoms with Crippen LogP contribution in [0.15, 0.2) is 35.9 Å². The van der Waals surface area contributed by atoms with E-state index in [2.05, 4.69) is 59.8 Å². The lowest BCUT2D eigenvalue weighted by Gasteiger charge is -2.58. The Morgan fingerprint density at radius 2 is 1.59 bits per heavy atom. The van der Waals surface area contributed by atoms with E-state index in [0.717, 1.165) is 61.2 Å². The summed E-state index contributed by atoms with van der Waals surface area (Å²) in [5, 5.41) is 0. The molecule has 8 atom stereocenters. The molecule has 0 unspecified atom stereocenters. The van der Waals surface area contributed by atoms with Crippen LogP contribution in [-0.4, -0.2) is 12.3 Å². The third-order valence-corrected chi connectivity index (χ3v) is 13.7. The molecule has 1 aromatic carbocycles. The number of carbonyl (C=O) groups is 1. The molecule has 4 aliphatic rings. The van der Waals surface area contributed by atoms with Crippen molar-refractivity contribution in [3.63, 3.8) is 0 Å². The maximum atomic E-state index is 12.8. The number of allylic oxidation sites excluding steroid dienone is 1. The second-order valence-electron chi connectivity index (χ2n) is 17.1. The van der Waals surface area contributed by atoms with Crippen LogP contribution in [0.2, 0.25) is 0 Å². The van der Waals surface area contributed by atoms with Gasteiger partial charge in [0.15, 0.2) is 0 Å². The van der Waals surface area contributed by atoms with Crippen molar-refractivity contribution in [2.75, 3.05) is 0 Å². The van der Waals surface area contributed by atoms with Crippen LogP contribution in [0.5, 0.6) is 5.75 Å². The minimum atomic E-state index is -0.546. The number of rotatable bonds is 15. The predicted molar refractivity (Wildman–Crippen MR) is 192 cm³/mol. The Balaban J connectivity index is 1.09. The highest BCUT2D eigenvalue weighted by molar-refractivity contribution is 5.64. The number of aryl methyl sites for hydroxylation is 1. The van der Waals surface area contributed by atoms with E-state index in [1.54, 1.807) is 5.57 Å². The van der Waals surface area contributed by atoms with Gasteiger partial charge in [0.05, 0.1) is 0 Å². The van der Waals surface area contributed by atoms with E-state index in [4.69, 9.17) is 9.47 Å². The quantitative estimate of drug-likeness (QED) is 0.0835. The van der Waals surface area contributed by atoms with Crippen molar-refractivity contribution in [1.82, 2.24) is 0 Å². The average molecular weight is 633 g/mol. The first kappa shape index (κ1) is 35.5. The van der Waals surface area contributed by atoms with Crippen LogP contribution in [0, 0.1) is 46.3 Å². The fourth-order valence-corrected chi connectivity index (χ4v) is 11.0. The summed E-state index contributed by atoms with van der Waals surface area (Å²) >= 11 is 0. The van der Waals surface area contributed by atoms with E-state index in [0.29, 0.717) is 11.2 Å². The van der Waals surface area contributed by atoms with Crippen LogP contribution in [0.4, 0.5) is 4.79 Å². The molecule has 46 heavy (non-hydrogen) atoms. The Morgan fingerprint density at radius 1 is 0.848 bits per heavy atom. The SMILES string of the molecule is CCCCCCCCCc1ccc(OC(=O)O[C@@H]2CC[C@@]3(C)C(=CC[C@H]4[C@H]5CC[C@H]([C@H](C)CCCC(C)C)[C@@]5(C)CC[C@@H]43)C2)cc1. The third-order valence-electron chi connectivity index (χ3n) is 13.7. The maximum Gasteiger partial charge on any atom is 0.514 e. The lowest BCUT2D eigenvalue weighted by Crippen LogP contribution is -2.51. The molecule has 0 aromatic heterocycles. The van der Waals surface area contributed by atoms with Crippen LogP contribution < -0.4 is 4.74 Å². The number of ether oxygens (including phenoxy) is 2. The smallest absolute Gasteiger partial charge is 0.430 e. The summed E-state index contributed by atoms with van der Waals surface area (Å²) in [5.74, 6) is 5.67. The van der Waals surface area contributed by atoms with E-state index in [9.17, 15) is 4.79 Å². The molecule has 0 N–H and O–H groups in total. The molecule has 5 rings (SSSR count). The standard InChI is InChI=1S/C43H68O3/c1-7-8-9-10-11-12-13-17-33-18-21-35(22-19-33)45-41(44)46-36-26-28-42(5)34(30-36)20-23-37-39-25-24-38(32(4)16-14-15-31(2)3)43(39,6)29-27-40(37)42/h18-22,31-32,36-40H,7-17,23-30H2,1-6H3/t32-,36-,37+,38-,39-,40+,42+,43-/m1/s1. The zero-order chi connectivity index (χ0) is 32.7. The van der Waals surface area contributed by atoms with Gasteiger partial charge in [0.2, 0.25) is 0 Å². The molecule has 1 aromatic rings. The van der Waals surface area contributed by atoms with Crippen molar-refractivity contribution in [2.45, 2.75) is 170 Å². The van der Waals surface area contributed by atoms with E-state index < -0.39 is 6.16 Å². The fraction of sp³-hybridized carbons (Fsp3) is 0.791. The zero-order valence-corrected chi connectivity index (χ0v) is 30.6. The largest absolute Gasteiger partial charge is 0.514 e.